The predicted octanol–water partition coefficient (Wildman–Crippen LogP) is 2.81. The number of rotatable bonds is 5. The lowest BCUT2D eigenvalue weighted by molar-refractivity contribution is -0.138. The van der Waals surface area contributed by atoms with Gasteiger partial charge in [0.25, 0.3) is 0 Å². The van der Waals surface area contributed by atoms with Crippen LogP contribution in [0.3, 0.4) is 0 Å². The second kappa shape index (κ2) is 6.19. The van der Waals surface area contributed by atoms with Crippen molar-refractivity contribution in [1.29, 1.82) is 0 Å². The molecule has 1 N–H and O–H groups in total. The number of ether oxygens (including phenoxy) is 1. The molecule has 0 amide bonds. The highest BCUT2D eigenvalue weighted by molar-refractivity contribution is 5.76. The van der Waals surface area contributed by atoms with Crippen LogP contribution < -0.4 is 4.74 Å². The fraction of sp³-hybridized carbons (Fsp3) is 0.250. The number of methoxy groups -OCH3 is 1. The van der Waals surface area contributed by atoms with Crippen LogP contribution in [0.5, 0.6) is 5.75 Å². The van der Waals surface area contributed by atoms with E-state index >= 15 is 0 Å². The number of pyridine rings is 1. The van der Waals surface area contributed by atoms with E-state index in [1.165, 1.54) is 0 Å². The molecule has 0 fully saturated rings. The van der Waals surface area contributed by atoms with Gasteiger partial charge < -0.3 is 9.84 Å². The number of carboxylic acid groups (broad SMARTS) is 1. The summed E-state index contributed by atoms with van der Waals surface area (Å²) >= 11 is 0. The summed E-state index contributed by atoms with van der Waals surface area (Å²) in [5, 5.41) is 9.46. The molecule has 0 aliphatic rings. The normalized spacial score (nSPS) is 11.9. The lowest BCUT2D eigenvalue weighted by atomic mass is 9.95. The topological polar surface area (TPSA) is 59.4 Å². The maximum Gasteiger partial charge on any atom is 0.312 e. The van der Waals surface area contributed by atoms with Crippen molar-refractivity contribution in [2.45, 2.75) is 19.3 Å². The Bertz CT molecular complexity index is 610. The highest BCUT2D eigenvalue weighted by Crippen LogP contribution is 2.26. The van der Waals surface area contributed by atoms with E-state index in [2.05, 4.69) is 4.98 Å². The molecule has 0 saturated carbocycles. The molecule has 1 unspecified atom stereocenters. The molecule has 1 aromatic heterocycles. The molecule has 104 valence electrons. The van der Waals surface area contributed by atoms with Crippen molar-refractivity contribution in [3.05, 3.63) is 59.4 Å². The molecule has 1 atom stereocenters. The van der Waals surface area contributed by atoms with Gasteiger partial charge in [-0.25, -0.2) is 0 Å². The third-order valence-corrected chi connectivity index (χ3v) is 3.18. The van der Waals surface area contributed by atoms with E-state index in [1.54, 1.807) is 13.2 Å². The average molecular weight is 271 g/mol. The summed E-state index contributed by atoms with van der Waals surface area (Å²) in [6.07, 6.45) is 0.357. The highest BCUT2D eigenvalue weighted by Gasteiger charge is 2.23. The molecule has 4 heteroatoms. The van der Waals surface area contributed by atoms with Crippen LogP contribution in [-0.4, -0.2) is 23.2 Å². The Hall–Kier alpha value is -2.36. The van der Waals surface area contributed by atoms with Crippen LogP contribution in [0, 0.1) is 6.92 Å². The van der Waals surface area contributed by atoms with Gasteiger partial charge in [0.05, 0.1) is 12.8 Å². The maximum atomic E-state index is 11.5. The Kier molecular flexibility index (Phi) is 4.35. The van der Waals surface area contributed by atoms with Crippen LogP contribution in [0.4, 0.5) is 0 Å². The molecular formula is C16H17NO3. The molecule has 4 nitrogen and oxygen atoms in total. The number of hydrogen-bond donors (Lipinski definition) is 1. The summed E-state index contributed by atoms with van der Waals surface area (Å²) in [5.41, 5.74) is 2.25. The molecule has 0 radical (unpaired) electrons. The van der Waals surface area contributed by atoms with Gasteiger partial charge in [0, 0.05) is 5.69 Å². The SMILES string of the molecule is COc1ccccc1CC(C(=O)O)c1cccc(C)n1. The summed E-state index contributed by atoms with van der Waals surface area (Å²) in [6, 6.07) is 12.9. The lowest BCUT2D eigenvalue weighted by Crippen LogP contribution is -2.16. The monoisotopic (exact) mass is 271 g/mol. The third kappa shape index (κ3) is 3.15. The molecule has 0 bridgehead atoms. The Morgan fingerprint density at radius 3 is 2.65 bits per heavy atom. The highest BCUT2D eigenvalue weighted by atomic mass is 16.5. The predicted molar refractivity (Wildman–Crippen MR) is 76.0 cm³/mol. The van der Waals surface area contributed by atoms with E-state index < -0.39 is 11.9 Å². The van der Waals surface area contributed by atoms with Gasteiger partial charge in [-0.15, -0.1) is 0 Å². The van der Waals surface area contributed by atoms with Gasteiger partial charge in [-0.2, -0.15) is 0 Å². The van der Waals surface area contributed by atoms with E-state index in [1.807, 2.05) is 43.3 Å². The molecular weight excluding hydrogens is 254 g/mol. The van der Waals surface area contributed by atoms with Crippen LogP contribution >= 0.6 is 0 Å². The minimum Gasteiger partial charge on any atom is -0.496 e. The summed E-state index contributed by atoms with van der Waals surface area (Å²) in [5.74, 6) is -0.855. The molecule has 20 heavy (non-hydrogen) atoms. The van der Waals surface area contributed by atoms with Gasteiger partial charge in [-0.05, 0) is 37.1 Å². The molecule has 0 saturated heterocycles. The Balaban J connectivity index is 2.33. The molecule has 0 aliphatic heterocycles. The van der Waals surface area contributed by atoms with Crippen molar-refractivity contribution in [2.24, 2.45) is 0 Å². The number of hydrogen-bond acceptors (Lipinski definition) is 3. The van der Waals surface area contributed by atoms with Crippen molar-refractivity contribution >= 4 is 5.97 Å². The minimum atomic E-state index is -0.881. The van der Waals surface area contributed by atoms with Gasteiger partial charge >= 0.3 is 5.97 Å². The van der Waals surface area contributed by atoms with Crippen molar-refractivity contribution in [2.75, 3.05) is 7.11 Å². The van der Waals surface area contributed by atoms with E-state index in [4.69, 9.17) is 4.74 Å². The number of aromatic nitrogens is 1. The molecule has 1 aromatic carbocycles. The van der Waals surface area contributed by atoms with Gasteiger partial charge in [0.15, 0.2) is 0 Å². The zero-order chi connectivity index (χ0) is 14.5. The molecule has 2 rings (SSSR count). The Morgan fingerprint density at radius 1 is 1.25 bits per heavy atom. The van der Waals surface area contributed by atoms with Crippen LogP contribution in [0.15, 0.2) is 42.5 Å². The number of carbonyl (C=O) groups is 1. The van der Waals surface area contributed by atoms with Gasteiger partial charge in [0.1, 0.15) is 11.7 Å². The Labute approximate surface area is 118 Å². The second-order valence-electron chi connectivity index (χ2n) is 4.61. The average Bonchev–Trinajstić information content (AvgIpc) is 2.44. The van der Waals surface area contributed by atoms with Gasteiger partial charge in [0.2, 0.25) is 0 Å². The molecule has 2 aromatic rings. The van der Waals surface area contributed by atoms with Crippen LogP contribution in [0.2, 0.25) is 0 Å². The zero-order valence-corrected chi connectivity index (χ0v) is 11.5. The summed E-state index contributed by atoms with van der Waals surface area (Å²) < 4.78 is 5.27. The first-order valence-electron chi connectivity index (χ1n) is 6.40. The lowest BCUT2D eigenvalue weighted by Gasteiger charge is -2.14. The first-order chi connectivity index (χ1) is 9.61. The van der Waals surface area contributed by atoms with Gasteiger partial charge in [-0.1, -0.05) is 24.3 Å². The fourth-order valence-electron chi connectivity index (χ4n) is 2.17. The minimum absolute atomic E-state index is 0.357. The van der Waals surface area contributed by atoms with E-state index in [0.717, 1.165) is 11.3 Å². The number of para-hydroxylation sites is 1. The maximum absolute atomic E-state index is 11.5. The number of nitrogens with zero attached hydrogens (tertiary/aromatic N) is 1. The summed E-state index contributed by atoms with van der Waals surface area (Å²) in [4.78, 5) is 15.9. The largest absolute Gasteiger partial charge is 0.496 e. The number of aryl methyl sites for hydroxylation is 1. The quantitative estimate of drug-likeness (QED) is 0.908. The standard InChI is InChI=1S/C16H17NO3/c1-11-6-5-8-14(17-11)13(16(18)19)10-12-7-3-4-9-15(12)20-2/h3-9,13H,10H2,1-2H3,(H,18,19). The number of benzene rings is 1. The van der Waals surface area contributed by atoms with Crippen molar-refractivity contribution in [3.63, 3.8) is 0 Å². The van der Waals surface area contributed by atoms with E-state index in [0.29, 0.717) is 17.9 Å². The Morgan fingerprint density at radius 2 is 2.00 bits per heavy atom. The van der Waals surface area contributed by atoms with Crippen molar-refractivity contribution < 1.29 is 14.6 Å². The van der Waals surface area contributed by atoms with Crippen LogP contribution in [-0.2, 0) is 11.2 Å². The number of aliphatic carboxylic acids is 1. The molecule has 0 aliphatic carbocycles. The van der Waals surface area contributed by atoms with Gasteiger partial charge in [-0.3, -0.25) is 9.78 Å². The van der Waals surface area contributed by atoms with Crippen molar-refractivity contribution in [3.8, 4) is 5.75 Å². The first-order valence-corrected chi connectivity index (χ1v) is 6.40. The summed E-state index contributed by atoms with van der Waals surface area (Å²) in [7, 11) is 1.58. The van der Waals surface area contributed by atoms with E-state index in [9.17, 15) is 9.90 Å². The van der Waals surface area contributed by atoms with Crippen LogP contribution in [0.25, 0.3) is 0 Å². The zero-order valence-electron chi connectivity index (χ0n) is 11.5. The fourth-order valence-corrected chi connectivity index (χ4v) is 2.17. The third-order valence-electron chi connectivity index (χ3n) is 3.18. The van der Waals surface area contributed by atoms with Crippen molar-refractivity contribution in [1.82, 2.24) is 4.98 Å². The molecule has 1 heterocycles. The smallest absolute Gasteiger partial charge is 0.312 e. The van der Waals surface area contributed by atoms with E-state index in [-0.39, 0.29) is 0 Å². The van der Waals surface area contributed by atoms with Crippen LogP contribution in [0.1, 0.15) is 22.9 Å². The second-order valence-corrected chi connectivity index (χ2v) is 4.61. The molecule has 0 spiro atoms. The number of carboxylic acids is 1. The first kappa shape index (κ1) is 14.1. The summed E-state index contributed by atoms with van der Waals surface area (Å²) in [6.45, 7) is 1.85.